The van der Waals surface area contributed by atoms with E-state index in [0.29, 0.717) is 17.5 Å². The van der Waals surface area contributed by atoms with Crippen molar-refractivity contribution in [2.45, 2.75) is 51.4 Å². The Labute approximate surface area is 361 Å². The van der Waals surface area contributed by atoms with Crippen molar-refractivity contribution in [1.29, 1.82) is 0 Å². The molecule has 298 valence electrons. The Hall–Kier alpha value is -7.37. The molecule has 0 bridgehead atoms. The lowest BCUT2D eigenvalue weighted by molar-refractivity contribution is 0.332. The van der Waals surface area contributed by atoms with Crippen LogP contribution in [-0.4, -0.2) is 24.1 Å². The minimum absolute atomic E-state index is 0.0885. The maximum atomic E-state index is 5.22. The van der Waals surface area contributed by atoms with Crippen molar-refractivity contribution in [1.82, 2.24) is 24.1 Å². The number of aromatic nitrogens is 5. The highest BCUT2D eigenvalue weighted by molar-refractivity contribution is 6.14. The van der Waals surface area contributed by atoms with Crippen molar-refractivity contribution in [2.75, 3.05) is 0 Å². The SMILES string of the molecule is CC1(C)CCC(C)(C)c2cc3c(cc21)c1cc2ccccc2cc1n3-c1ccc(-c2nc(-c3ccccc3)nc(-c3ccc4c(c3)c3ccccc3n4-c3ccccc3)n2)cc1. The molecule has 5 nitrogen and oxygen atoms in total. The summed E-state index contributed by atoms with van der Waals surface area (Å²) in [5.41, 5.74) is 12.9. The van der Waals surface area contributed by atoms with Crippen LogP contribution in [0.4, 0.5) is 0 Å². The predicted octanol–water partition coefficient (Wildman–Crippen LogP) is 14.6. The van der Waals surface area contributed by atoms with Crippen molar-refractivity contribution in [3.05, 3.63) is 187 Å². The molecule has 0 unspecified atom stereocenters. The van der Waals surface area contributed by atoms with Gasteiger partial charge in [0.05, 0.1) is 22.1 Å². The van der Waals surface area contributed by atoms with E-state index in [0.717, 1.165) is 44.5 Å². The summed E-state index contributed by atoms with van der Waals surface area (Å²) >= 11 is 0. The van der Waals surface area contributed by atoms with Crippen LogP contribution in [0.25, 0.3) is 99.9 Å². The van der Waals surface area contributed by atoms with Gasteiger partial charge in [-0.3, -0.25) is 0 Å². The monoisotopic (exact) mass is 799 g/mol. The van der Waals surface area contributed by atoms with E-state index in [2.05, 4.69) is 195 Å². The van der Waals surface area contributed by atoms with E-state index in [-0.39, 0.29) is 10.8 Å². The molecule has 0 spiro atoms. The third-order valence-corrected chi connectivity index (χ3v) is 13.6. The number of benzene rings is 8. The molecule has 0 radical (unpaired) electrons. The molecule has 0 fully saturated rings. The standard InChI is InChI=1S/C57H45N5/c1-56(2)29-30-57(3,4)48-35-52-46(34-47(48)56)45-31-38-17-11-12-18-39(38)33-51(45)62(52)42-26-23-37(24-27-42)54-58-53(36-15-7-5-8-16-36)59-55(60-54)40-25-28-50-44(32-40)43-21-13-14-22-49(43)61(50)41-19-9-6-10-20-41/h5-28,31-35H,29-30H2,1-4H3. The fraction of sp³-hybridized carbons (Fsp3) is 0.140. The lowest BCUT2D eigenvalue weighted by Gasteiger charge is -2.42. The van der Waals surface area contributed by atoms with Gasteiger partial charge >= 0.3 is 0 Å². The van der Waals surface area contributed by atoms with Crippen LogP contribution in [0.5, 0.6) is 0 Å². The second-order valence-corrected chi connectivity index (χ2v) is 18.4. The summed E-state index contributed by atoms with van der Waals surface area (Å²) in [4.78, 5) is 15.5. The zero-order valence-corrected chi connectivity index (χ0v) is 35.4. The van der Waals surface area contributed by atoms with Crippen LogP contribution >= 0.6 is 0 Å². The second-order valence-electron chi connectivity index (χ2n) is 18.4. The molecule has 0 saturated heterocycles. The van der Waals surface area contributed by atoms with Gasteiger partial charge in [0.1, 0.15) is 0 Å². The van der Waals surface area contributed by atoms with Crippen molar-refractivity contribution in [3.8, 4) is 45.5 Å². The van der Waals surface area contributed by atoms with Crippen LogP contribution in [0.15, 0.2) is 176 Å². The first-order chi connectivity index (χ1) is 30.2. The van der Waals surface area contributed by atoms with Gasteiger partial charge in [-0.25, -0.2) is 15.0 Å². The maximum absolute atomic E-state index is 5.22. The molecule has 3 heterocycles. The molecule has 1 aliphatic carbocycles. The average molecular weight is 800 g/mol. The lowest BCUT2D eigenvalue weighted by atomic mass is 9.63. The largest absolute Gasteiger partial charge is 0.309 e. The molecule has 3 aromatic heterocycles. The van der Waals surface area contributed by atoms with E-state index in [1.165, 1.54) is 61.9 Å². The molecule has 8 aromatic carbocycles. The summed E-state index contributed by atoms with van der Waals surface area (Å²) in [5.74, 6) is 1.92. The fourth-order valence-electron chi connectivity index (χ4n) is 10.1. The Morgan fingerprint density at radius 1 is 0.355 bits per heavy atom. The van der Waals surface area contributed by atoms with Crippen LogP contribution in [0.3, 0.4) is 0 Å². The highest BCUT2D eigenvalue weighted by atomic mass is 15.0. The number of hydrogen-bond acceptors (Lipinski definition) is 3. The number of rotatable bonds is 5. The predicted molar refractivity (Wildman–Crippen MR) is 258 cm³/mol. The van der Waals surface area contributed by atoms with Crippen molar-refractivity contribution in [2.24, 2.45) is 0 Å². The number of para-hydroxylation sites is 2. The summed E-state index contributed by atoms with van der Waals surface area (Å²) in [6.07, 6.45) is 2.35. The van der Waals surface area contributed by atoms with Gasteiger partial charge in [0.25, 0.3) is 0 Å². The van der Waals surface area contributed by atoms with Crippen LogP contribution in [-0.2, 0) is 10.8 Å². The van der Waals surface area contributed by atoms with Gasteiger partial charge in [0.2, 0.25) is 0 Å². The summed E-state index contributed by atoms with van der Waals surface area (Å²) in [7, 11) is 0. The summed E-state index contributed by atoms with van der Waals surface area (Å²) in [5, 5.41) is 7.42. The summed E-state index contributed by atoms with van der Waals surface area (Å²) in [6.45, 7) is 9.66. The maximum Gasteiger partial charge on any atom is 0.164 e. The molecular formula is C57H45N5. The van der Waals surface area contributed by atoms with Crippen LogP contribution in [0.1, 0.15) is 51.7 Å². The Morgan fingerprint density at radius 3 is 1.53 bits per heavy atom. The van der Waals surface area contributed by atoms with Gasteiger partial charge in [0, 0.05) is 49.6 Å². The zero-order valence-electron chi connectivity index (χ0n) is 35.4. The fourth-order valence-corrected chi connectivity index (χ4v) is 10.1. The summed E-state index contributed by atoms with van der Waals surface area (Å²) in [6, 6.07) is 63.3. The Morgan fingerprint density at radius 2 is 0.823 bits per heavy atom. The molecule has 11 aromatic rings. The lowest BCUT2D eigenvalue weighted by Crippen LogP contribution is -2.33. The van der Waals surface area contributed by atoms with Crippen molar-refractivity contribution < 1.29 is 0 Å². The van der Waals surface area contributed by atoms with Crippen LogP contribution in [0.2, 0.25) is 0 Å². The molecule has 0 N–H and O–H groups in total. The molecule has 0 aliphatic heterocycles. The van der Waals surface area contributed by atoms with E-state index in [1.54, 1.807) is 0 Å². The molecular weight excluding hydrogens is 755 g/mol. The minimum atomic E-state index is 0.0885. The summed E-state index contributed by atoms with van der Waals surface area (Å²) < 4.78 is 4.80. The number of fused-ring (bicyclic) bond motifs is 8. The third-order valence-electron chi connectivity index (χ3n) is 13.6. The third kappa shape index (κ3) is 5.72. The average Bonchev–Trinajstić information content (AvgIpc) is 3.81. The van der Waals surface area contributed by atoms with Gasteiger partial charge in [-0.15, -0.1) is 0 Å². The highest BCUT2D eigenvalue weighted by Gasteiger charge is 2.38. The number of nitrogens with zero attached hydrogens (tertiary/aromatic N) is 5. The molecule has 5 heteroatoms. The van der Waals surface area contributed by atoms with Crippen molar-refractivity contribution in [3.63, 3.8) is 0 Å². The van der Waals surface area contributed by atoms with Gasteiger partial charge in [-0.1, -0.05) is 119 Å². The Balaban J connectivity index is 1.02. The molecule has 0 atom stereocenters. The van der Waals surface area contributed by atoms with Gasteiger partial charge in [-0.05, 0) is 131 Å². The van der Waals surface area contributed by atoms with E-state index in [1.807, 2.05) is 18.2 Å². The van der Waals surface area contributed by atoms with E-state index in [9.17, 15) is 0 Å². The first-order valence-electron chi connectivity index (χ1n) is 21.7. The van der Waals surface area contributed by atoms with Crippen LogP contribution in [0, 0.1) is 0 Å². The van der Waals surface area contributed by atoms with Gasteiger partial charge in [-0.2, -0.15) is 0 Å². The number of hydrogen-bond donors (Lipinski definition) is 0. The van der Waals surface area contributed by atoms with Gasteiger partial charge in [0.15, 0.2) is 17.5 Å². The topological polar surface area (TPSA) is 48.5 Å². The normalized spacial score (nSPS) is 14.6. The Bertz CT molecular complexity index is 3560. The van der Waals surface area contributed by atoms with Crippen molar-refractivity contribution >= 4 is 54.4 Å². The smallest absolute Gasteiger partial charge is 0.164 e. The van der Waals surface area contributed by atoms with E-state index < -0.39 is 0 Å². The second kappa shape index (κ2) is 13.6. The molecule has 12 rings (SSSR count). The highest BCUT2D eigenvalue weighted by Crippen LogP contribution is 2.49. The molecule has 0 amide bonds. The zero-order chi connectivity index (χ0) is 41.7. The first kappa shape index (κ1) is 36.5. The van der Waals surface area contributed by atoms with Gasteiger partial charge < -0.3 is 9.13 Å². The minimum Gasteiger partial charge on any atom is -0.309 e. The molecule has 0 saturated carbocycles. The van der Waals surface area contributed by atoms with E-state index >= 15 is 0 Å². The van der Waals surface area contributed by atoms with E-state index in [4.69, 9.17) is 15.0 Å². The molecule has 62 heavy (non-hydrogen) atoms. The van der Waals surface area contributed by atoms with Crippen LogP contribution < -0.4 is 0 Å². The molecule has 1 aliphatic rings. The Kier molecular flexibility index (Phi) is 7.98. The first-order valence-corrected chi connectivity index (χ1v) is 21.7. The quantitative estimate of drug-likeness (QED) is 0.174.